The highest BCUT2D eigenvalue weighted by molar-refractivity contribution is 5.57. The van der Waals surface area contributed by atoms with Crippen molar-refractivity contribution in [2.24, 2.45) is 5.92 Å². The Hall–Kier alpha value is -2.86. The van der Waals surface area contributed by atoms with Gasteiger partial charge in [0.15, 0.2) is 0 Å². The van der Waals surface area contributed by atoms with Crippen LogP contribution in [-0.2, 0) is 6.54 Å². The summed E-state index contributed by atoms with van der Waals surface area (Å²) in [5.74, 6) is 1.97. The van der Waals surface area contributed by atoms with Crippen LogP contribution >= 0.6 is 0 Å². The van der Waals surface area contributed by atoms with E-state index in [0.717, 1.165) is 37.5 Å². The number of ether oxygens (including phenoxy) is 1. The number of aromatic nitrogens is 2. The Morgan fingerprint density at radius 1 is 1.14 bits per heavy atom. The number of aryl methyl sites for hydroxylation is 1. The van der Waals surface area contributed by atoms with Gasteiger partial charge in [-0.2, -0.15) is 4.98 Å². The molecule has 0 saturated carbocycles. The Balaban J connectivity index is 1.24. The van der Waals surface area contributed by atoms with E-state index in [1.165, 1.54) is 24.0 Å². The molecule has 3 aromatic rings. The zero-order chi connectivity index (χ0) is 20.1. The lowest BCUT2D eigenvalue weighted by Gasteiger charge is -2.31. The van der Waals surface area contributed by atoms with Crippen LogP contribution in [0.25, 0.3) is 11.4 Å². The third kappa shape index (κ3) is 5.15. The van der Waals surface area contributed by atoms with Crippen molar-refractivity contribution in [3.63, 3.8) is 0 Å². The van der Waals surface area contributed by atoms with Crippen LogP contribution in [0.2, 0.25) is 0 Å². The lowest BCUT2D eigenvalue weighted by Crippen LogP contribution is -2.35. The number of nitrogens with zero attached hydrogens (tertiary/aromatic N) is 3. The smallest absolute Gasteiger partial charge is 0.321 e. The Morgan fingerprint density at radius 2 is 1.93 bits per heavy atom. The number of benzene rings is 2. The topological polar surface area (TPSA) is 63.4 Å². The molecule has 0 aliphatic carbocycles. The van der Waals surface area contributed by atoms with E-state index in [1.54, 1.807) is 7.11 Å². The summed E-state index contributed by atoms with van der Waals surface area (Å²) in [6.07, 6.45) is 2.35. The lowest BCUT2D eigenvalue weighted by atomic mass is 9.96. The van der Waals surface area contributed by atoms with Gasteiger partial charge in [0.2, 0.25) is 5.82 Å². The molecule has 1 aromatic heterocycles. The third-order valence-electron chi connectivity index (χ3n) is 5.53. The number of hydrogen-bond donors (Lipinski definition) is 1. The van der Waals surface area contributed by atoms with Crippen LogP contribution in [0.3, 0.4) is 0 Å². The average Bonchev–Trinajstić information content (AvgIpc) is 3.24. The number of likely N-dealkylation sites (tertiary alicyclic amines) is 1. The molecule has 0 spiro atoms. The second kappa shape index (κ2) is 9.09. The summed E-state index contributed by atoms with van der Waals surface area (Å²) >= 11 is 0. The summed E-state index contributed by atoms with van der Waals surface area (Å²) in [5, 5.41) is 7.39. The first kappa shape index (κ1) is 19.5. The summed E-state index contributed by atoms with van der Waals surface area (Å²) < 4.78 is 10.6. The maximum Gasteiger partial charge on any atom is 0.321 e. The standard InChI is InChI=1S/C23H28N4O2/c1-17-6-8-19(9-7-17)16-27-12-10-18(11-13-27)15-24-23-25-22(26-29-23)20-4-3-5-21(14-20)28-2/h3-9,14,18H,10-13,15-16H2,1-2H3,(H,24,25,26). The van der Waals surface area contributed by atoms with Crippen LogP contribution in [0.5, 0.6) is 5.75 Å². The highest BCUT2D eigenvalue weighted by Gasteiger charge is 2.20. The zero-order valence-corrected chi connectivity index (χ0v) is 17.1. The van der Waals surface area contributed by atoms with Gasteiger partial charge in [-0.25, -0.2) is 0 Å². The SMILES string of the molecule is COc1cccc(-c2noc(NCC3CCN(Cc4ccc(C)cc4)CC3)n2)c1. The summed E-state index contributed by atoms with van der Waals surface area (Å²) in [6.45, 7) is 6.27. The molecular formula is C23H28N4O2. The molecule has 1 N–H and O–H groups in total. The van der Waals surface area contributed by atoms with Crippen molar-refractivity contribution in [1.82, 2.24) is 15.0 Å². The molecule has 0 unspecified atom stereocenters. The monoisotopic (exact) mass is 392 g/mol. The fraction of sp³-hybridized carbons (Fsp3) is 0.391. The van der Waals surface area contributed by atoms with E-state index in [-0.39, 0.29) is 0 Å². The van der Waals surface area contributed by atoms with Gasteiger partial charge < -0.3 is 14.6 Å². The minimum absolute atomic E-state index is 0.477. The summed E-state index contributed by atoms with van der Waals surface area (Å²) in [5.41, 5.74) is 3.59. The van der Waals surface area contributed by atoms with Crippen LogP contribution < -0.4 is 10.1 Å². The van der Waals surface area contributed by atoms with Crippen LogP contribution in [0.15, 0.2) is 53.1 Å². The Kier molecular flexibility index (Phi) is 6.10. The minimum atomic E-state index is 0.477. The van der Waals surface area contributed by atoms with Gasteiger partial charge in [0.25, 0.3) is 0 Å². The van der Waals surface area contributed by atoms with Crippen LogP contribution in [0.1, 0.15) is 24.0 Å². The zero-order valence-electron chi connectivity index (χ0n) is 17.1. The molecule has 2 aromatic carbocycles. The average molecular weight is 393 g/mol. The molecule has 6 nitrogen and oxygen atoms in total. The van der Waals surface area contributed by atoms with Crippen molar-refractivity contribution in [1.29, 1.82) is 0 Å². The molecule has 0 bridgehead atoms. The number of rotatable bonds is 7. The molecule has 1 aliphatic rings. The highest BCUT2D eigenvalue weighted by Crippen LogP contribution is 2.23. The van der Waals surface area contributed by atoms with Gasteiger partial charge in [-0.1, -0.05) is 47.1 Å². The molecule has 152 valence electrons. The predicted molar refractivity (Wildman–Crippen MR) is 114 cm³/mol. The number of methoxy groups -OCH3 is 1. The molecule has 4 rings (SSSR count). The first-order valence-electron chi connectivity index (χ1n) is 10.2. The van der Waals surface area contributed by atoms with Crippen LogP contribution in [0, 0.1) is 12.8 Å². The summed E-state index contributed by atoms with van der Waals surface area (Å²) in [4.78, 5) is 7.00. The predicted octanol–water partition coefficient (Wildman–Crippen LogP) is 4.38. The second-order valence-electron chi connectivity index (χ2n) is 7.74. The van der Waals surface area contributed by atoms with Crippen molar-refractivity contribution < 1.29 is 9.26 Å². The van der Waals surface area contributed by atoms with Crippen molar-refractivity contribution in [2.75, 3.05) is 32.1 Å². The van der Waals surface area contributed by atoms with Crippen molar-refractivity contribution in [3.8, 4) is 17.1 Å². The maximum atomic E-state index is 5.37. The van der Waals surface area contributed by atoms with Crippen molar-refractivity contribution in [3.05, 3.63) is 59.7 Å². The number of hydrogen-bond acceptors (Lipinski definition) is 6. The van der Waals surface area contributed by atoms with Gasteiger partial charge in [0.1, 0.15) is 5.75 Å². The van der Waals surface area contributed by atoms with Crippen molar-refractivity contribution in [2.45, 2.75) is 26.3 Å². The molecule has 0 amide bonds. The molecule has 6 heteroatoms. The Labute approximate surface area is 171 Å². The molecule has 2 heterocycles. The Morgan fingerprint density at radius 3 is 2.69 bits per heavy atom. The largest absolute Gasteiger partial charge is 0.497 e. The molecule has 1 fully saturated rings. The van der Waals surface area contributed by atoms with Gasteiger partial charge in [-0.05, 0) is 56.5 Å². The fourth-order valence-corrected chi connectivity index (χ4v) is 3.71. The Bertz CT molecular complexity index is 915. The second-order valence-corrected chi connectivity index (χ2v) is 7.74. The quantitative estimate of drug-likeness (QED) is 0.644. The van der Waals surface area contributed by atoms with Gasteiger partial charge in [-0.3, -0.25) is 4.90 Å². The first-order chi connectivity index (χ1) is 14.2. The van der Waals surface area contributed by atoms with Gasteiger partial charge in [0, 0.05) is 18.7 Å². The molecule has 1 saturated heterocycles. The fourth-order valence-electron chi connectivity index (χ4n) is 3.71. The molecule has 0 radical (unpaired) electrons. The number of anilines is 1. The molecule has 29 heavy (non-hydrogen) atoms. The highest BCUT2D eigenvalue weighted by atomic mass is 16.5. The summed E-state index contributed by atoms with van der Waals surface area (Å²) in [6, 6.07) is 17.0. The van der Waals surface area contributed by atoms with Gasteiger partial charge in [-0.15, -0.1) is 0 Å². The van der Waals surface area contributed by atoms with Crippen molar-refractivity contribution >= 4 is 6.01 Å². The van der Waals surface area contributed by atoms with E-state index in [1.807, 2.05) is 24.3 Å². The van der Waals surface area contributed by atoms with Crippen LogP contribution in [-0.4, -0.2) is 41.8 Å². The maximum absolute atomic E-state index is 5.37. The molecule has 0 atom stereocenters. The van der Waals surface area contributed by atoms with Gasteiger partial charge in [0.05, 0.1) is 7.11 Å². The lowest BCUT2D eigenvalue weighted by molar-refractivity contribution is 0.182. The summed E-state index contributed by atoms with van der Waals surface area (Å²) in [7, 11) is 1.65. The normalized spacial score (nSPS) is 15.4. The van der Waals surface area contributed by atoms with E-state index in [9.17, 15) is 0 Å². The van der Waals surface area contributed by atoms with E-state index in [0.29, 0.717) is 17.8 Å². The van der Waals surface area contributed by atoms with E-state index < -0.39 is 0 Å². The number of piperidine rings is 1. The first-order valence-corrected chi connectivity index (χ1v) is 10.2. The van der Waals surface area contributed by atoms with E-state index in [2.05, 4.69) is 51.5 Å². The van der Waals surface area contributed by atoms with E-state index in [4.69, 9.17) is 9.26 Å². The van der Waals surface area contributed by atoms with Crippen LogP contribution in [0.4, 0.5) is 6.01 Å². The third-order valence-corrected chi connectivity index (χ3v) is 5.53. The molecular weight excluding hydrogens is 364 g/mol. The number of nitrogens with one attached hydrogen (secondary N) is 1. The van der Waals surface area contributed by atoms with E-state index >= 15 is 0 Å². The minimum Gasteiger partial charge on any atom is -0.497 e. The van der Waals surface area contributed by atoms with Gasteiger partial charge >= 0.3 is 6.01 Å². The molecule has 1 aliphatic heterocycles.